The van der Waals surface area contributed by atoms with Crippen LogP contribution in [0.15, 0.2) is 0 Å². The summed E-state index contributed by atoms with van der Waals surface area (Å²) in [6, 6.07) is 0. The molecule has 1 rings (SSSR count). The van der Waals surface area contributed by atoms with Crippen LogP contribution < -0.4 is 11.1 Å². The number of nitrogens with one attached hydrogen (secondary N) is 1. The highest BCUT2D eigenvalue weighted by molar-refractivity contribution is 5.87. The molecule has 0 aromatic rings. The number of esters is 1. The molecule has 1 aliphatic carbocycles. The number of nitrogens with two attached hydrogens (primary N) is 1. The fraction of sp³-hybridized carbons (Fsp3) is 0.846. The van der Waals surface area contributed by atoms with E-state index in [0.717, 1.165) is 25.7 Å². The average molecular weight is 256 g/mol. The molecule has 0 radical (unpaired) electrons. The summed E-state index contributed by atoms with van der Waals surface area (Å²) in [5.41, 5.74) is 4.80. The van der Waals surface area contributed by atoms with Crippen molar-refractivity contribution in [1.29, 1.82) is 0 Å². The molecule has 0 heterocycles. The van der Waals surface area contributed by atoms with Crippen LogP contribution in [0.3, 0.4) is 0 Å². The van der Waals surface area contributed by atoms with Gasteiger partial charge in [-0.2, -0.15) is 0 Å². The van der Waals surface area contributed by atoms with Crippen LogP contribution >= 0.6 is 0 Å². The molecule has 0 aromatic carbocycles. The van der Waals surface area contributed by atoms with Crippen molar-refractivity contribution in [2.45, 2.75) is 63.5 Å². The molecule has 104 valence electrons. The van der Waals surface area contributed by atoms with Gasteiger partial charge in [0.05, 0.1) is 7.11 Å². The van der Waals surface area contributed by atoms with E-state index in [1.54, 1.807) is 13.8 Å². The largest absolute Gasteiger partial charge is 0.467 e. The number of amides is 1. The highest BCUT2D eigenvalue weighted by Crippen LogP contribution is 2.28. The Hall–Kier alpha value is -1.10. The van der Waals surface area contributed by atoms with Crippen molar-refractivity contribution in [3.8, 4) is 0 Å². The van der Waals surface area contributed by atoms with Crippen LogP contribution in [-0.2, 0) is 14.3 Å². The molecular formula is C13H24N2O3. The number of hydrogen-bond acceptors (Lipinski definition) is 4. The summed E-state index contributed by atoms with van der Waals surface area (Å²) in [7, 11) is 1.31. The van der Waals surface area contributed by atoms with Crippen molar-refractivity contribution in [2.24, 2.45) is 5.73 Å². The summed E-state index contributed by atoms with van der Waals surface area (Å²) >= 11 is 0. The fourth-order valence-corrected chi connectivity index (χ4v) is 2.45. The summed E-state index contributed by atoms with van der Waals surface area (Å²) < 4.78 is 4.65. The molecule has 1 saturated carbocycles. The number of rotatable bonds is 4. The van der Waals surface area contributed by atoms with Crippen LogP contribution in [0, 0.1) is 0 Å². The van der Waals surface area contributed by atoms with E-state index in [4.69, 9.17) is 5.73 Å². The van der Waals surface area contributed by atoms with E-state index in [1.165, 1.54) is 13.5 Å². The van der Waals surface area contributed by atoms with E-state index in [0.29, 0.717) is 0 Å². The first kappa shape index (κ1) is 15.0. The minimum Gasteiger partial charge on any atom is -0.467 e. The highest BCUT2D eigenvalue weighted by Gasteiger charge is 2.34. The molecule has 5 nitrogen and oxygen atoms in total. The molecule has 5 heteroatoms. The lowest BCUT2D eigenvalue weighted by Gasteiger charge is -2.34. The smallest absolute Gasteiger partial charge is 0.330 e. The van der Waals surface area contributed by atoms with Crippen LogP contribution in [-0.4, -0.2) is 30.1 Å². The van der Waals surface area contributed by atoms with E-state index in [-0.39, 0.29) is 12.3 Å². The standard InChI is InChI=1S/C13H24N2O3/c1-12(2,11(17)18-3)15-10(16)9-13(14)7-5-4-6-8-13/h4-9,14H2,1-3H3,(H,15,16). The number of methoxy groups -OCH3 is 1. The molecule has 0 bridgehead atoms. The van der Waals surface area contributed by atoms with Crippen molar-refractivity contribution >= 4 is 11.9 Å². The number of hydrogen-bond donors (Lipinski definition) is 2. The zero-order valence-corrected chi connectivity index (χ0v) is 11.5. The van der Waals surface area contributed by atoms with Gasteiger partial charge in [0.2, 0.25) is 5.91 Å². The SMILES string of the molecule is COC(=O)C(C)(C)NC(=O)CC1(N)CCCCC1. The van der Waals surface area contributed by atoms with Crippen molar-refractivity contribution in [1.82, 2.24) is 5.32 Å². The number of carbonyl (C=O) groups is 2. The Balaban J connectivity index is 2.53. The minimum atomic E-state index is -1.00. The predicted molar refractivity (Wildman–Crippen MR) is 68.9 cm³/mol. The Bertz CT molecular complexity index is 320. The zero-order valence-electron chi connectivity index (χ0n) is 11.5. The quantitative estimate of drug-likeness (QED) is 0.738. The van der Waals surface area contributed by atoms with Gasteiger partial charge >= 0.3 is 5.97 Å². The first-order valence-electron chi connectivity index (χ1n) is 6.47. The normalized spacial score (nSPS) is 19.1. The molecule has 0 aromatic heterocycles. The van der Waals surface area contributed by atoms with Crippen LogP contribution in [0.4, 0.5) is 0 Å². The van der Waals surface area contributed by atoms with Crippen molar-refractivity contribution in [3.05, 3.63) is 0 Å². The lowest BCUT2D eigenvalue weighted by Crippen LogP contribution is -2.53. The van der Waals surface area contributed by atoms with Gasteiger partial charge in [-0.15, -0.1) is 0 Å². The van der Waals surface area contributed by atoms with Crippen molar-refractivity contribution < 1.29 is 14.3 Å². The molecule has 1 amide bonds. The van der Waals surface area contributed by atoms with Gasteiger partial charge in [0, 0.05) is 12.0 Å². The van der Waals surface area contributed by atoms with Gasteiger partial charge in [-0.1, -0.05) is 19.3 Å². The first-order chi connectivity index (χ1) is 8.29. The molecule has 0 aliphatic heterocycles. The molecule has 0 atom stereocenters. The second-order valence-electron chi connectivity index (χ2n) is 5.76. The monoisotopic (exact) mass is 256 g/mol. The maximum absolute atomic E-state index is 12.0. The zero-order chi connectivity index (χ0) is 13.8. The van der Waals surface area contributed by atoms with Gasteiger partial charge in [0.1, 0.15) is 5.54 Å². The van der Waals surface area contributed by atoms with Crippen LogP contribution in [0.2, 0.25) is 0 Å². The second kappa shape index (κ2) is 5.69. The van der Waals surface area contributed by atoms with E-state index in [1.807, 2.05) is 0 Å². The Morgan fingerprint density at radius 3 is 2.33 bits per heavy atom. The second-order valence-corrected chi connectivity index (χ2v) is 5.76. The molecule has 1 aliphatic rings. The number of carbonyl (C=O) groups excluding carboxylic acids is 2. The molecule has 18 heavy (non-hydrogen) atoms. The average Bonchev–Trinajstić information content (AvgIpc) is 2.27. The van der Waals surface area contributed by atoms with Gasteiger partial charge in [0.15, 0.2) is 0 Å². The van der Waals surface area contributed by atoms with Gasteiger partial charge in [0.25, 0.3) is 0 Å². The predicted octanol–water partition coefficient (Wildman–Crippen LogP) is 1.11. The molecule has 1 fully saturated rings. The van der Waals surface area contributed by atoms with Crippen LogP contribution in [0.25, 0.3) is 0 Å². The molecular weight excluding hydrogens is 232 g/mol. The summed E-state index contributed by atoms with van der Waals surface area (Å²) in [5, 5.41) is 2.69. The van der Waals surface area contributed by atoms with Crippen molar-refractivity contribution in [2.75, 3.05) is 7.11 Å². The van der Waals surface area contributed by atoms with Crippen LogP contribution in [0.5, 0.6) is 0 Å². The van der Waals surface area contributed by atoms with Crippen LogP contribution in [0.1, 0.15) is 52.4 Å². The van der Waals surface area contributed by atoms with Crippen molar-refractivity contribution in [3.63, 3.8) is 0 Å². The van der Waals surface area contributed by atoms with E-state index in [9.17, 15) is 9.59 Å². The third-order valence-corrected chi connectivity index (χ3v) is 3.51. The Morgan fingerprint density at radius 1 is 1.28 bits per heavy atom. The minimum absolute atomic E-state index is 0.185. The van der Waals surface area contributed by atoms with Gasteiger partial charge in [-0.3, -0.25) is 4.79 Å². The third kappa shape index (κ3) is 3.98. The van der Waals surface area contributed by atoms with Gasteiger partial charge in [-0.05, 0) is 26.7 Å². The van der Waals surface area contributed by atoms with Gasteiger partial charge in [-0.25, -0.2) is 4.79 Å². The summed E-state index contributed by atoms with van der Waals surface area (Å²) in [4.78, 5) is 23.4. The first-order valence-corrected chi connectivity index (χ1v) is 6.47. The number of ether oxygens (including phenoxy) is 1. The molecule has 0 unspecified atom stereocenters. The summed E-state index contributed by atoms with van der Waals surface area (Å²) in [6.45, 7) is 3.25. The Morgan fingerprint density at radius 2 is 1.83 bits per heavy atom. The lowest BCUT2D eigenvalue weighted by atomic mass is 9.80. The molecule has 3 N–H and O–H groups in total. The topological polar surface area (TPSA) is 81.4 Å². The Kier molecular flexibility index (Phi) is 4.73. The Labute approximate surface area is 108 Å². The van der Waals surface area contributed by atoms with E-state index < -0.39 is 17.0 Å². The van der Waals surface area contributed by atoms with Gasteiger partial charge < -0.3 is 15.8 Å². The lowest BCUT2D eigenvalue weighted by molar-refractivity contribution is -0.149. The fourth-order valence-electron chi connectivity index (χ4n) is 2.45. The summed E-state index contributed by atoms with van der Waals surface area (Å²) in [5.74, 6) is -0.639. The maximum atomic E-state index is 12.0. The molecule has 0 spiro atoms. The highest BCUT2D eigenvalue weighted by atomic mass is 16.5. The van der Waals surface area contributed by atoms with E-state index >= 15 is 0 Å². The maximum Gasteiger partial charge on any atom is 0.330 e. The molecule has 0 saturated heterocycles. The third-order valence-electron chi connectivity index (χ3n) is 3.51. The summed E-state index contributed by atoms with van der Waals surface area (Å²) in [6.07, 6.45) is 5.36. The van der Waals surface area contributed by atoms with E-state index in [2.05, 4.69) is 10.1 Å².